The smallest absolute Gasteiger partial charge is 0.0962 e. The van der Waals surface area contributed by atoms with Gasteiger partial charge >= 0.3 is 0 Å². The highest BCUT2D eigenvalue weighted by atomic mass is 15.2. The fraction of sp³-hybridized carbons (Fsp3) is 0.455. The maximum atomic E-state index is 3.70. The van der Waals surface area contributed by atoms with Crippen LogP contribution in [0.5, 0.6) is 0 Å². The average Bonchev–Trinajstić information content (AvgIpc) is 2.63. The third kappa shape index (κ3) is 2.98. The van der Waals surface area contributed by atoms with Crippen LogP contribution in [0.25, 0.3) is 0 Å². The fourth-order valence-corrected chi connectivity index (χ4v) is 1.11. The molecule has 0 atom stereocenters. The van der Waals surface area contributed by atoms with E-state index in [-0.39, 0.29) is 0 Å². The molecule has 0 fully saturated rings. The van der Waals surface area contributed by atoms with Crippen molar-refractivity contribution in [3.05, 3.63) is 36.7 Å². The lowest BCUT2D eigenvalue weighted by atomic mass is 10.3. The predicted octanol–water partition coefficient (Wildman–Crippen LogP) is 2.53. The molecule has 0 aromatic heterocycles. The highest BCUT2D eigenvalue weighted by Gasteiger charge is 2.15. The van der Waals surface area contributed by atoms with Crippen LogP contribution in [0.15, 0.2) is 36.7 Å². The van der Waals surface area contributed by atoms with E-state index in [9.17, 15) is 0 Å². The minimum atomic E-state index is 0.344. The lowest BCUT2D eigenvalue weighted by Crippen LogP contribution is -2.31. The van der Waals surface area contributed by atoms with Gasteiger partial charge in [0.15, 0.2) is 0 Å². The highest BCUT2D eigenvalue weighted by Crippen LogP contribution is 2.10. The van der Waals surface area contributed by atoms with Crippen molar-refractivity contribution in [1.82, 2.24) is 10.6 Å². The average molecular weight is 180 g/mol. The molecule has 0 amide bonds. The monoisotopic (exact) mass is 180 g/mol. The first-order valence-corrected chi connectivity index (χ1v) is 4.84. The molecule has 74 valence electrons. The Morgan fingerprint density at radius 3 is 1.77 bits per heavy atom. The van der Waals surface area contributed by atoms with Gasteiger partial charge in [-0.05, 0) is 18.6 Å². The zero-order valence-electron chi connectivity index (χ0n) is 8.85. The zero-order valence-corrected chi connectivity index (χ0v) is 8.85. The molecule has 0 aromatic rings. The molecule has 0 radical (unpaired) electrons. The molecule has 0 saturated carbocycles. The van der Waals surface area contributed by atoms with E-state index >= 15 is 0 Å². The van der Waals surface area contributed by atoms with Crippen LogP contribution in [0, 0.1) is 0 Å². The molecule has 13 heavy (non-hydrogen) atoms. The largest absolute Gasteiger partial charge is 0.364 e. The first kappa shape index (κ1) is 11.8. The molecule has 1 heterocycles. The summed E-state index contributed by atoms with van der Waals surface area (Å²) in [5, 5.41) is 6.54. The summed E-state index contributed by atoms with van der Waals surface area (Å²) in [6.45, 7) is 13.5. The van der Waals surface area contributed by atoms with Gasteiger partial charge in [-0.3, -0.25) is 0 Å². The fourth-order valence-electron chi connectivity index (χ4n) is 1.11. The second kappa shape index (κ2) is 6.35. The maximum absolute atomic E-state index is 3.70. The predicted molar refractivity (Wildman–Crippen MR) is 59.1 cm³/mol. The van der Waals surface area contributed by atoms with Gasteiger partial charge in [0, 0.05) is 0 Å². The topological polar surface area (TPSA) is 24.1 Å². The van der Waals surface area contributed by atoms with Crippen LogP contribution in [0.1, 0.15) is 27.2 Å². The van der Waals surface area contributed by atoms with Crippen LogP contribution < -0.4 is 10.6 Å². The van der Waals surface area contributed by atoms with Crippen molar-refractivity contribution >= 4 is 0 Å². The number of hydrogen-bond acceptors (Lipinski definition) is 2. The van der Waals surface area contributed by atoms with Gasteiger partial charge in [-0.1, -0.05) is 33.9 Å². The van der Waals surface area contributed by atoms with E-state index in [4.69, 9.17) is 0 Å². The minimum absolute atomic E-state index is 0.344. The van der Waals surface area contributed by atoms with Crippen LogP contribution in [0.3, 0.4) is 0 Å². The summed E-state index contributed by atoms with van der Waals surface area (Å²) in [7, 11) is 0. The van der Waals surface area contributed by atoms with Crippen LogP contribution in [-0.2, 0) is 0 Å². The number of nitrogens with one attached hydrogen (secondary N) is 2. The van der Waals surface area contributed by atoms with Gasteiger partial charge in [-0.15, -0.1) is 0 Å². The van der Waals surface area contributed by atoms with Crippen molar-refractivity contribution in [2.24, 2.45) is 0 Å². The zero-order chi connectivity index (χ0) is 10.3. The Bertz CT molecular complexity index is 184. The minimum Gasteiger partial charge on any atom is -0.364 e. The van der Waals surface area contributed by atoms with Crippen LogP contribution in [0.2, 0.25) is 0 Å². The number of hydrogen-bond donors (Lipinski definition) is 2. The molecular formula is C11H20N2. The van der Waals surface area contributed by atoms with Gasteiger partial charge in [-0.25, -0.2) is 0 Å². The molecule has 0 aliphatic carbocycles. The Balaban J connectivity index is 0.000000671. The molecule has 0 saturated heterocycles. The summed E-state index contributed by atoms with van der Waals surface area (Å²) in [5.74, 6) is 0. The molecule has 1 aliphatic heterocycles. The van der Waals surface area contributed by atoms with E-state index < -0.39 is 0 Å². The van der Waals surface area contributed by atoms with E-state index in [1.165, 1.54) is 0 Å². The molecule has 2 heteroatoms. The summed E-state index contributed by atoms with van der Waals surface area (Å²) in [6.07, 6.45) is 5.00. The van der Waals surface area contributed by atoms with Crippen molar-refractivity contribution in [2.75, 3.05) is 0 Å². The van der Waals surface area contributed by atoms with E-state index in [1.54, 1.807) is 12.2 Å². The molecular weight excluding hydrogens is 160 g/mol. The first-order valence-electron chi connectivity index (χ1n) is 4.84. The van der Waals surface area contributed by atoms with E-state index in [0.29, 0.717) is 6.17 Å². The normalized spacial score (nSPS) is 15.3. The third-order valence-electron chi connectivity index (χ3n) is 1.77. The molecule has 1 aliphatic rings. The summed E-state index contributed by atoms with van der Waals surface area (Å²) in [4.78, 5) is 0. The Hall–Kier alpha value is -1.18. The maximum Gasteiger partial charge on any atom is 0.0962 e. The Morgan fingerprint density at radius 2 is 1.54 bits per heavy atom. The van der Waals surface area contributed by atoms with Crippen molar-refractivity contribution < 1.29 is 0 Å². The molecule has 0 aromatic carbocycles. The lowest BCUT2D eigenvalue weighted by molar-refractivity contribution is 0.542. The van der Waals surface area contributed by atoms with Crippen LogP contribution in [-0.4, -0.2) is 6.17 Å². The van der Waals surface area contributed by atoms with Crippen molar-refractivity contribution in [2.45, 2.75) is 33.4 Å². The van der Waals surface area contributed by atoms with Gasteiger partial charge in [-0.2, -0.15) is 0 Å². The molecule has 1 rings (SSSR count). The van der Waals surface area contributed by atoms with Crippen molar-refractivity contribution in [3.63, 3.8) is 0 Å². The summed E-state index contributed by atoms with van der Waals surface area (Å²) < 4.78 is 0. The molecule has 2 N–H and O–H groups in total. The van der Waals surface area contributed by atoms with Crippen molar-refractivity contribution in [3.8, 4) is 0 Å². The van der Waals surface area contributed by atoms with Gasteiger partial charge < -0.3 is 10.6 Å². The number of allylic oxidation sites excluding steroid dienone is 2. The van der Waals surface area contributed by atoms with Crippen molar-refractivity contribution in [1.29, 1.82) is 0 Å². The SMILES string of the molecule is C=CC1=C(C=C)NC(CC)N1.CC. The Kier molecular flexibility index (Phi) is 5.77. The Morgan fingerprint density at radius 1 is 1.15 bits per heavy atom. The van der Waals surface area contributed by atoms with Crippen LogP contribution in [0.4, 0.5) is 0 Å². The summed E-state index contributed by atoms with van der Waals surface area (Å²) >= 11 is 0. The lowest BCUT2D eigenvalue weighted by Gasteiger charge is -2.09. The van der Waals surface area contributed by atoms with Gasteiger partial charge in [0.05, 0.1) is 17.6 Å². The van der Waals surface area contributed by atoms with Gasteiger partial charge in [0.1, 0.15) is 0 Å². The quantitative estimate of drug-likeness (QED) is 0.697. The van der Waals surface area contributed by atoms with E-state index in [0.717, 1.165) is 17.8 Å². The Labute approximate surface area is 81.4 Å². The molecule has 0 bridgehead atoms. The first-order chi connectivity index (χ1) is 6.31. The van der Waals surface area contributed by atoms with Crippen LogP contribution >= 0.6 is 0 Å². The summed E-state index contributed by atoms with van der Waals surface area (Å²) in [6, 6.07) is 0. The van der Waals surface area contributed by atoms with E-state index in [1.807, 2.05) is 13.8 Å². The standard InChI is InChI=1S/C9H14N2.C2H6/c1-4-7-8(5-2)11-9(6-3)10-7;1-2/h4-5,9-11H,1-2,6H2,3H3;1-2H3. The molecule has 0 unspecified atom stereocenters. The van der Waals surface area contributed by atoms with E-state index in [2.05, 4.69) is 30.7 Å². The van der Waals surface area contributed by atoms with Gasteiger partial charge in [0.2, 0.25) is 0 Å². The number of rotatable bonds is 3. The molecule has 2 nitrogen and oxygen atoms in total. The second-order valence-corrected chi connectivity index (χ2v) is 2.49. The third-order valence-corrected chi connectivity index (χ3v) is 1.77. The van der Waals surface area contributed by atoms with Gasteiger partial charge in [0.25, 0.3) is 0 Å². The second-order valence-electron chi connectivity index (χ2n) is 2.49. The summed E-state index contributed by atoms with van der Waals surface area (Å²) in [5.41, 5.74) is 2.10. The highest BCUT2D eigenvalue weighted by molar-refractivity contribution is 5.33. The molecule has 0 spiro atoms.